The number of ether oxygens (including phenoxy) is 2. The molecule has 0 saturated heterocycles. The van der Waals surface area contributed by atoms with Gasteiger partial charge in [0.05, 0.1) is 18.2 Å². The zero-order valence-corrected chi connectivity index (χ0v) is 17.9. The molecule has 0 spiro atoms. The highest BCUT2D eigenvalue weighted by atomic mass is 16.6. The topological polar surface area (TPSA) is 93.1 Å². The third-order valence-electron chi connectivity index (χ3n) is 4.77. The lowest BCUT2D eigenvalue weighted by molar-refractivity contribution is -0.124. The predicted octanol–water partition coefficient (Wildman–Crippen LogP) is 4.13. The Balaban J connectivity index is 2.00. The van der Waals surface area contributed by atoms with Crippen molar-refractivity contribution in [3.05, 3.63) is 77.0 Å². The van der Waals surface area contributed by atoms with E-state index >= 15 is 0 Å². The minimum absolute atomic E-state index is 0.00297. The fourth-order valence-electron chi connectivity index (χ4n) is 3.37. The van der Waals surface area contributed by atoms with Gasteiger partial charge in [-0.3, -0.25) is 4.79 Å². The number of nitrogens with zero attached hydrogens (tertiary/aromatic N) is 1. The average Bonchev–Trinajstić information content (AvgIpc) is 2.96. The first-order chi connectivity index (χ1) is 14.6. The Morgan fingerprint density at radius 2 is 1.65 bits per heavy atom. The Labute approximate surface area is 180 Å². The zero-order chi connectivity index (χ0) is 22.8. The maximum atomic E-state index is 13.2. The molecule has 0 radical (unpaired) electrons. The van der Waals surface area contributed by atoms with Gasteiger partial charge in [-0.2, -0.15) is 0 Å². The van der Waals surface area contributed by atoms with Crippen LogP contribution in [0.25, 0.3) is 5.57 Å². The van der Waals surface area contributed by atoms with Gasteiger partial charge in [0, 0.05) is 6.42 Å². The molecule has 1 N–H and O–H groups in total. The van der Waals surface area contributed by atoms with Gasteiger partial charge in [0.25, 0.3) is 5.91 Å². The maximum absolute atomic E-state index is 13.2. The summed E-state index contributed by atoms with van der Waals surface area (Å²) in [6.45, 7) is 5.12. The summed E-state index contributed by atoms with van der Waals surface area (Å²) in [5, 5.41) is 11.0. The summed E-state index contributed by atoms with van der Waals surface area (Å²) in [7, 11) is 1.28. The molecule has 7 nitrogen and oxygen atoms in total. The molecule has 1 aliphatic heterocycles. The zero-order valence-electron chi connectivity index (χ0n) is 17.9. The number of hydrogen-bond donors (Lipinski definition) is 1. The molecule has 31 heavy (non-hydrogen) atoms. The number of benzene rings is 2. The lowest BCUT2D eigenvalue weighted by Gasteiger charge is -2.27. The van der Waals surface area contributed by atoms with E-state index in [9.17, 15) is 19.5 Å². The molecule has 162 valence electrons. The fraction of sp³-hybridized carbons (Fsp3) is 0.292. The summed E-state index contributed by atoms with van der Waals surface area (Å²) >= 11 is 0. The summed E-state index contributed by atoms with van der Waals surface area (Å²) in [6.07, 6.45) is -0.590. The van der Waals surface area contributed by atoms with Crippen molar-refractivity contribution in [1.29, 1.82) is 0 Å². The largest absolute Gasteiger partial charge is 0.509 e. The van der Waals surface area contributed by atoms with Gasteiger partial charge in [0.2, 0.25) is 0 Å². The highest BCUT2D eigenvalue weighted by molar-refractivity contribution is 6.26. The van der Waals surface area contributed by atoms with E-state index < -0.39 is 29.6 Å². The minimum Gasteiger partial charge on any atom is -0.509 e. The third kappa shape index (κ3) is 4.77. The van der Waals surface area contributed by atoms with Crippen LogP contribution in [0.3, 0.4) is 0 Å². The van der Waals surface area contributed by atoms with Gasteiger partial charge in [-0.05, 0) is 44.0 Å². The summed E-state index contributed by atoms with van der Waals surface area (Å²) in [5.41, 5.74) is 0.738. The second-order valence-corrected chi connectivity index (χ2v) is 8.19. The van der Waals surface area contributed by atoms with E-state index in [4.69, 9.17) is 4.74 Å². The molecular formula is C24H25NO6. The first-order valence-electron chi connectivity index (χ1n) is 9.84. The number of methoxy groups -OCH3 is 1. The van der Waals surface area contributed by atoms with Gasteiger partial charge >= 0.3 is 12.1 Å². The van der Waals surface area contributed by atoms with E-state index in [1.807, 2.05) is 30.3 Å². The van der Waals surface area contributed by atoms with Crippen LogP contribution < -0.4 is 0 Å². The molecule has 0 fully saturated rings. The van der Waals surface area contributed by atoms with Crippen LogP contribution in [-0.2, 0) is 20.7 Å². The van der Waals surface area contributed by atoms with Crippen LogP contribution in [0.4, 0.5) is 4.79 Å². The molecule has 2 amide bonds. The van der Waals surface area contributed by atoms with Crippen LogP contribution in [0.1, 0.15) is 42.3 Å². The van der Waals surface area contributed by atoms with Crippen LogP contribution in [0.15, 0.2) is 60.4 Å². The molecule has 2 aromatic carbocycles. The van der Waals surface area contributed by atoms with Crippen molar-refractivity contribution in [3.8, 4) is 0 Å². The maximum Gasteiger partial charge on any atom is 0.418 e. The molecule has 0 unspecified atom stereocenters. The Morgan fingerprint density at radius 3 is 2.19 bits per heavy atom. The minimum atomic E-state index is -0.903. The van der Waals surface area contributed by atoms with Gasteiger partial charge in [0.1, 0.15) is 17.4 Å². The molecule has 1 heterocycles. The van der Waals surface area contributed by atoms with Crippen molar-refractivity contribution in [2.75, 3.05) is 7.11 Å². The molecule has 0 aliphatic carbocycles. The van der Waals surface area contributed by atoms with Crippen LogP contribution in [-0.4, -0.2) is 46.7 Å². The number of aliphatic hydroxyl groups is 1. The number of carbonyl (C=O) groups excluding carboxylic acids is 3. The van der Waals surface area contributed by atoms with Crippen LogP contribution in [0, 0.1) is 0 Å². The molecule has 1 aliphatic rings. The molecular weight excluding hydrogens is 398 g/mol. The van der Waals surface area contributed by atoms with Crippen molar-refractivity contribution in [2.24, 2.45) is 0 Å². The van der Waals surface area contributed by atoms with E-state index in [1.165, 1.54) is 31.4 Å². The quantitative estimate of drug-likeness (QED) is 0.744. The number of amides is 2. The van der Waals surface area contributed by atoms with Crippen LogP contribution >= 0.6 is 0 Å². The standard InChI is InChI=1S/C24H25NO6/c1-24(2,3)31-23(29)25-18(14-15-8-6-5-7-9-15)20(26)19(21(25)27)16-10-12-17(13-11-16)22(28)30-4/h5-13,18,26H,14H2,1-4H3/t18-/m0/s1. The molecule has 0 bridgehead atoms. The SMILES string of the molecule is COC(=O)c1ccc(C2=C(O)[C@H](Cc3ccccc3)N(C(=O)OC(C)(C)C)C2=O)cc1. The van der Waals surface area contributed by atoms with Gasteiger partial charge in [-0.1, -0.05) is 42.5 Å². The molecule has 0 aromatic heterocycles. The lowest BCUT2D eigenvalue weighted by Crippen LogP contribution is -2.44. The second kappa shape index (κ2) is 8.63. The lowest BCUT2D eigenvalue weighted by atomic mass is 10.0. The highest BCUT2D eigenvalue weighted by Crippen LogP contribution is 2.34. The van der Waals surface area contributed by atoms with E-state index in [0.717, 1.165) is 10.5 Å². The van der Waals surface area contributed by atoms with E-state index in [2.05, 4.69) is 4.74 Å². The normalized spacial score (nSPS) is 16.5. The highest BCUT2D eigenvalue weighted by Gasteiger charge is 2.45. The smallest absolute Gasteiger partial charge is 0.418 e. The number of esters is 1. The van der Waals surface area contributed by atoms with Crippen molar-refractivity contribution >= 4 is 23.5 Å². The van der Waals surface area contributed by atoms with Crippen LogP contribution in [0.2, 0.25) is 0 Å². The van der Waals surface area contributed by atoms with E-state index in [-0.39, 0.29) is 17.8 Å². The number of hydrogen-bond acceptors (Lipinski definition) is 6. The predicted molar refractivity (Wildman–Crippen MR) is 114 cm³/mol. The van der Waals surface area contributed by atoms with Gasteiger partial charge in [0.15, 0.2) is 0 Å². The molecule has 0 saturated carbocycles. The summed E-state index contributed by atoms with van der Waals surface area (Å²) in [6, 6.07) is 14.4. The molecule has 2 aromatic rings. The van der Waals surface area contributed by atoms with Gasteiger partial charge in [-0.25, -0.2) is 14.5 Å². The van der Waals surface area contributed by atoms with E-state index in [1.54, 1.807) is 20.8 Å². The average molecular weight is 423 g/mol. The monoisotopic (exact) mass is 423 g/mol. The van der Waals surface area contributed by atoms with Gasteiger partial charge < -0.3 is 14.6 Å². The number of carbonyl (C=O) groups is 3. The van der Waals surface area contributed by atoms with Crippen LogP contribution in [0.5, 0.6) is 0 Å². The van der Waals surface area contributed by atoms with Crippen molar-refractivity contribution in [2.45, 2.75) is 38.8 Å². The Bertz CT molecular complexity index is 1020. The number of rotatable bonds is 4. The first-order valence-corrected chi connectivity index (χ1v) is 9.84. The van der Waals surface area contributed by atoms with Crippen molar-refractivity contribution < 1.29 is 29.0 Å². The first kappa shape index (κ1) is 22.1. The van der Waals surface area contributed by atoms with Crippen molar-refractivity contribution in [1.82, 2.24) is 4.90 Å². The second-order valence-electron chi connectivity index (χ2n) is 8.19. The Hall–Kier alpha value is -3.61. The Morgan fingerprint density at radius 1 is 1.03 bits per heavy atom. The summed E-state index contributed by atoms with van der Waals surface area (Å²) in [5.74, 6) is -1.39. The fourth-order valence-corrected chi connectivity index (χ4v) is 3.37. The number of aliphatic hydroxyl groups excluding tert-OH is 1. The van der Waals surface area contributed by atoms with Gasteiger partial charge in [-0.15, -0.1) is 0 Å². The molecule has 7 heteroatoms. The summed E-state index contributed by atoms with van der Waals surface area (Å²) in [4.78, 5) is 38.7. The van der Waals surface area contributed by atoms with E-state index in [0.29, 0.717) is 11.1 Å². The summed E-state index contributed by atoms with van der Waals surface area (Å²) < 4.78 is 10.1. The molecule has 3 rings (SSSR count). The third-order valence-corrected chi connectivity index (χ3v) is 4.77. The number of imide groups is 1. The van der Waals surface area contributed by atoms with Crippen molar-refractivity contribution in [3.63, 3.8) is 0 Å². The Kier molecular flexibility index (Phi) is 6.15. The molecule has 1 atom stereocenters.